The Kier molecular flexibility index (Phi) is 5.79. The van der Waals surface area contributed by atoms with E-state index >= 15 is 4.39 Å². The number of hydrogen-bond donors (Lipinski definition) is 0. The first-order chi connectivity index (χ1) is 19.5. The molecule has 12 heteroatoms. The van der Waals surface area contributed by atoms with Gasteiger partial charge in [-0.25, -0.2) is 9.18 Å². The highest BCUT2D eigenvalue weighted by Gasteiger charge is 2.51. The van der Waals surface area contributed by atoms with E-state index in [1.54, 1.807) is 31.3 Å². The Balaban J connectivity index is 1.30. The highest BCUT2D eigenvalue weighted by atomic mass is 19.4. The van der Waals surface area contributed by atoms with Crippen molar-refractivity contribution in [2.24, 2.45) is 12.5 Å². The Morgan fingerprint density at radius 3 is 2.49 bits per heavy atom. The van der Waals surface area contributed by atoms with Crippen LogP contribution >= 0.6 is 0 Å². The van der Waals surface area contributed by atoms with Crippen LogP contribution in [0.25, 0.3) is 11.2 Å². The third-order valence-corrected chi connectivity index (χ3v) is 9.43. The van der Waals surface area contributed by atoms with E-state index in [0.29, 0.717) is 22.2 Å². The van der Waals surface area contributed by atoms with Gasteiger partial charge in [0.2, 0.25) is 0 Å². The zero-order valence-corrected chi connectivity index (χ0v) is 22.7. The van der Waals surface area contributed by atoms with Crippen molar-refractivity contribution in [3.63, 3.8) is 0 Å². The van der Waals surface area contributed by atoms with Gasteiger partial charge in [-0.05, 0) is 67.5 Å². The molecule has 2 atom stereocenters. The minimum Gasteiger partial charge on any atom is -0.379 e. The molecule has 3 aromatic heterocycles. The number of fused-ring (bicyclic) bond motifs is 1. The highest BCUT2D eigenvalue weighted by molar-refractivity contribution is 5.58. The Bertz CT molecular complexity index is 1700. The van der Waals surface area contributed by atoms with E-state index in [4.69, 9.17) is 4.74 Å². The molecule has 1 aromatic carbocycles. The number of aryl methyl sites for hydroxylation is 1. The number of likely N-dealkylation sites (tertiary alicyclic amines) is 1. The van der Waals surface area contributed by atoms with Crippen LogP contribution in [-0.4, -0.2) is 54.9 Å². The van der Waals surface area contributed by atoms with Crippen molar-refractivity contribution in [3.8, 4) is 5.69 Å². The molecule has 8 nitrogen and oxygen atoms in total. The Labute approximate surface area is 233 Å². The summed E-state index contributed by atoms with van der Waals surface area (Å²) in [5, 5.41) is 7.70. The predicted molar refractivity (Wildman–Crippen MR) is 142 cm³/mol. The number of hydrogen-bond acceptors (Lipinski definition) is 5. The van der Waals surface area contributed by atoms with Crippen LogP contribution in [0.3, 0.4) is 0 Å². The average molecular weight is 571 g/mol. The fourth-order valence-electron chi connectivity index (χ4n) is 6.46. The standard InChI is InChI=1S/C29H30F4N6O2/c1-18(37-9-8-27(14-37)6-7-27)19-10-22(29(31,32)33)23-13-38(26(40)39(23)12-19)21-5-3-4-20(11-21)28(15-41-16-28)24(30)25-35-34-17-36(25)2/h3-5,10-13,17-18,24H,6-9,14-16H2,1-2H3/t18?,24-/m1/s1. The van der Waals surface area contributed by atoms with Gasteiger partial charge in [0, 0.05) is 32.0 Å². The number of aromatic nitrogens is 5. The van der Waals surface area contributed by atoms with E-state index in [9.17, 15) is 18.0 Å². The van der Waals surface area contributed by atoms with Crippen molar-refractivity contribution in [2.45, 2.75) is 50.0 Å². The van der Waals surface area contributed by atoms with Gasteiger partial charge in [0.1, 0.15) is 6.33 Å². The zero-order valence-electron chi connectivity index (χ0n) is 22.7. The maximum Gasteiger partial charge on any atom is 0.418 e. The minimum absolute atomic E-state index is 0.0916. The van der Waals surface area contributed by atoms with Gasteiger partial charge in [-0.2, -0.15) is 13.2 Å². The van der Waals surface area contributed by atoms with Crippen molar-refractivity contribution in [3.05, 3.63) is 82.1 Å². The Hall–Kier alpha value is -3.51. The number of alkyl halides is 4. The van der Waals surface area contributed by atoms with Crippen LogP contribution in [-0.2, 0) is 23.4 Å². The molecule has 4 aromatic rings. The largest absolute Gasteiger partial charge is 0.418 e. The Morgan fingerprint density at radius 2 is 1.88 bits per heavy atom. The molecule has 1 spiro atoms. The first-order valence-electron chi connectivity index (χ1n) is 13.8. The molecule has 2 saturated heterocycles. The second-order valence-corrected chi connectivity index (χ2v) is 12.0. The molecular formula is C29H30F4N6O2. The van der Waals surface area contributed by atoms with Crippen molar-refractivity contribution in [1.82, 2.24) is 28.6 Å². The van der Waals surface area contributed by atoms with Gasteiger partial charge in [-0.3, -0.25) is 13.9 Å². The number of benzene rings is 1. The van der Waals surface area contributed by atoms with Gasteiger partial charge in [0.15, 0.2) is 12.0 Å². The summed E-state index contributed by atoms with van der Waals surface area (Å²) in [6.07, 6.45) is 1.36. The third kappa shape index (κ3) is 4.13. The first kappa shape index (κ1) is 26.4. The van der Waals surface area contributed by atoms with Gasteiger partial charge in [0.05, 0.1) is 35.4 Å². The van der Waals surface area contributed by atoms with Gasteiger partial charge < -0.3 is 9.30 Å². The maximum atomic E-state index is 15.9. The lowest BCUT2D eigenvalue weighted by molar-refractivity contribution is -0.136. The van der Waals surface area contributed by atoms with Gasteiger partial charge in [0.25, 0.3) is 0 Å². The number of ether oxygens (including phenoxy) is 1. The normalized spacial score (nSPS) is 21.3. The summed E-state index contributed by atoms with van der Waals surface area (Å²) >= 11 is 0. The van der Waals surface area contributed by atoms with Crippen LogP contribution in [0.15, 0.2) is 53.8 Å². The highest BCUT2D eigenvalue weighted by Crippen LogP contribution is 2.54. The summed E-state index contributed by atoms with van der Waals surface area (Å²) in [7, 11) is 1.65. The molecule has 7 rings (SSSR count). The molecule has 3 aliphatic rings. The Morgan fingerprint density at radius 1 is 1.10 bits per heavy atom. The van der Waals surface area contributed by atoms with Gasteiger partial charge in [-0.15, -0.1) is 10.2 Å². The lowest BCUT2D eigenvalue weighted by Gasteiger charge is -2.43. The lowest BCUT2D eigenvalue weighted by Crippen LogP contribution is -2.50. The van der Waals surface area contributed by atoms with Crippen LogP contribution in [0.1, 0.15) is 60.9 Å². The van der Waals surface area contributed by atoms with Gasteiger partial charge in [-0.1, -0.05) is 12.1 Å². The summed E-state index contributed by atoms with van der Waals surface area (Å²) in [5.74, 6) is 0.146. The van der Waals surface area contributed by atoms with E-state index < -0.39 is 29.0 Å². The molecule has 1 saturated carbocycles. The second-order valence-electron chi connectivity index (χ2n) is 12.0. The van der Waals surface area contributed by atoms with Crippen LogP contribution < -0.4 is 5.69 Å². The lowest BCUT2D eigenvalue weighted by atomic mass is 9.74. The fourth-order valence-corrected chi connectivity index (χ4v) is 6.46. The molecule has 0 N–H and O–H groups in total. The van der Waals surface area contributed by atoms with Crippen LogP contribution in [0.4, 0.5) is 17.6 Å². The summed E-state index contributed by atoms with van der Waals surface area (Å²) in [6, 6.07) is 7.58. The monoisotopic (exact) mass is 570 g/mol. The summed E-state index contributed by atoms with van der Waals surface area (Å²) in [6.45, 7) is 3.78. The second kappa shape index (κ2) is 8.99. The number of imidazole rings is 1. The van der Waals surface area contributed by atoms with Crippen molar-refractivity contribution >= 4 is 5.52 Å². The summed E-state index contributed by atoms with van der Waals surface area (Å²) in [4.78, 5) is 15.9. The zero-order chi connectivity index (χ0) is 28.7. The molecule has 3 fully saturated rings. The number of halogens is 4. The quantitative estimate of drug-likeness (QED) is 0.313. The minimum atomic E-state index is -4.66. The summed E-state index contributed by atoms with van der Waals surface area (Å²) < 4.78 is 68.1. The van der Waals surface area contributed by atoms with Crippen LogP contribution in [0.5, 0.6) is 0 Å². The SMILES string of the molecule is CC(c1cc(C(F)(F)F)c2cn(-c3cccc(C4([C@H](F)c5nncn5C)COC4)c3)c(=O)n2c1)N1CCC2(CC2)C1. The molecular weight excluding hydrogens is 540 g/mol. The molecule has 1 unspecified atom stereocenters. The number of pyridine rings is 1. The maximum absolute atomic E-state index is 15.9. The van der Waals surface area contributed by atoms with Crippen LogP contribution in [0.2, 0.25) is 0 Å². The smallest absolute Gasteiger partial charge is 0.379 e. The fraction of sp³-hybridized carbons (Fsp3) is 0.483. The molecule has 41 heavy (non-hydrogen) atoms. The van der Waals surface area contributed by atoms with E-state index in [1.165, 1.54) is 46.8 Å². The van der Waals surface area contributed by atoms with E-state index in [0.717, 1.165) is 23.9 Å². The molecule has 0 radical (unpaired) electrons. The van der Waals surface area contributed by atoms with Crippen LogP contribution in [0, 0.1) is 5.41 Å². The molecule has 216 valence electrons. The van der Waals surface area contributed by atoms with E-state index in [1.807, 2.05) is 6.92 Å². The topological polar surface area (TPSA) is 69.6 Å². The molecule has 1 aliphatic carbocycles. The van der Waals surface area contributed by atoms with Crippen molar-refractivity contribution in [1.29, 1.82) is 0 Å². The molecule has 2 aliphatic heterocycles. The number of rotatable bonds is 6. The van der Waals surface area contributed by atoms with E-state index in [-0.39, 0.29) is 30.6 Å². The number of nitrogens with zero attached hydrogens (tertiary/aromatic N) is 6. The van der Waals surface area contributed by atoms with Crippen molar-refractivity contribution in [2.75, 3.05) is 26.3 Å². The van der Waals surface area contributed by atoms with E-state index in [2.05, 4.69) is 15.1 Å². The predicted octanol–water partition coefficient (Wildman–Crippen LogP) is 4.76. The first-order valence-corrected chi connectivity index (χ1v) is 13.8. The van der Waals surface area contributed by atoms with Gasteiger partial charge >= 0.3 is 11.9 Å². The average Bonchev–Trinajstić information content (AvgIpc) is 3.19. The summed E-state index contributed by atoms with van der Waals surface area (Å²) in [5.41, 5.74) is -1.10. The third-order valence-electron chi connectivity index (χ3n) is 9.43. The molecule has 5 heterocycles. The van der Waals surface area contributed by atoms with Crippen molar-refractivity contribution < 1.29 is 22.3 Å². The molecule has 0 bridgehead atoms. The molecule has 0 amide bonds.